The minimum Gasteiger partial charge on any atom is -0.364 e. The van der Waals surface area contributed by atoms with Crippen LogP contribution in [0.1, 0.15) is 18.5 Å². The number of nitrogens with one attached hydrogen (secondary N) is 1. The number of halogens is 3. The van der Waals surface area contributed by atoms with Gasteiger partial charge in [0.25, 0.3) is 5.91 Å². The highest BCUT2D eigenvalue weighted by atomic mass is 19.4. The molecule has 1 aliphatic rings. The lowest BCUT2D eigenvalue weighted by Crippen LogP contribution is -2.29. The number of carbonyl (C=O) groups excluding carboxylic acids is 1. The average Bonchev–Trinajstić information content (AvgIpc) is 3.24. The van der Waals surface area contributed by atoms with Gasteiger partial charge in [-0.2, -0.15) is 18.3 Å². The Morgan fingerprint density at radius 1 is 1.28 bits per heavy atom. The highest BCUT2D eigenvalue weighted by molar-refractivity contribution is 5.94. The van der Waals surface area contributed by atoms with Crippen molar-refractivity contribution in [1.29, 1.82) is 0 Å². The standard InChI is InChI=1S/C16H17F3N4O2/c17-16(18,19)14-7-8-21-23(14)11-3-1-10(2-4-11)22-15(24)13-6-5-12(9-20)25-13/h1-4,7-8,12-13H,5-6,9,20H2,(H,22,24)/t12-,13+/m1/s1. The molecule has 6 nitrogen and oxygen atoms in total. The number of carbonyl (C=O) groups is 1. The van der Waals surface area contributed by atoms with Crippen LogP contribution in [0.25, 0.3) is 5.69 Å². The summed E-state index contributed by atoms with van der Waals surface area (Å²) in [4.78, 5) is 12.1. The van der Waals surface area contributed by atoms with E-state index in [0.717, 1.165) is 23.4 Å². The first kappa shape index (κ1) is 17.4. The topological polar surface area (TPSA) is 82.2 Å². The van der Waals surface area contributed by atoms with E-state index in [9.17, 15) is 18.0 Å². The lowest BCUT2D eigenvalue weighted by atomic mass is 10.2. The quantitative estimate of drug-likeness (QED) is 0.883. The first-order valence-electron chi connectivity index (χ1n) is 7.76. The minimum absolute atomic E-state index is 0.112. The number of rotatable bonds is 4. The molecular formula is C16H17F3N4O2. The van der Waals surface area contributed by atoms with E-state index in [2.05, 4.69) is 10.4 Å². The van der Waals surface area contributed by atoms with E-state index in [-0.39, 0.29) is 17.7 Å². The molecule has 3 rings (SSSR count). The van der Waals surface area contributed by atoms with Gasteiger partial charge in [0.15, 0.2) is 0 Å². The van der Waals surface area contributed by atoms with Crippen molar-refractivity contribution in [3.8, 4) is 5.69 Å². The zero-order valence-corrected chi connectivity index (χ0v) is 13.2. The highest BCUT2D eigenvalue weighted by Crippen LogP contribution is 2.30. The number of hydrogen-bond donors (Lipinski definition) is 2. The van der Waals surface area contributed by atoms with Crippen molar-refractivity contribution in [2.24, 2.45) is 5.73 Å². The first-order valence-corrected chi connectivity index (χ1v) is 7.76. The molecule has 3 N–H and O–H groups in total. The van der Waals surface area contributed by atoms with Gasteiger partial charge >= 0.3 is 6.18 Å². The summed E-state index contributed by atoms with van der Waals surface area (Å²) in [6.07, 6.45) is -2.76. The molecule has 2 heterocycles. The Morgan fingerprint density at radius 2 is 2.00 bits per heavy atom. The Labute approximate surface area is 141 Å². The van der Waals surface area contributed by atoms with E-state index < -0.39 is 18.0 Å². The molecular weight excluding hydrogens is 337 g/mol. The molecule has 1 aromatic heterocycles. The van der Waals surface area contributed by atoms with Gasteiger partial charge in [-0.3, -0.25) is 4.79 Å². The predicted octanol–water partition coefficient (Wildman–Crippen LogP) is 2.34. The van der Waals surface area contributed by atoms with Crippen molar-refractivity contribution in [2.45, 2.75) is 31.2 Å². The van der Waals surface area contributed by atoms with Gasteiger partial charge in [0.1, 0.15) is 11.8 Å². The van der Waals surface area contributed by atoms with Crippen LogP contribution in [0.3, 0.4) is 0 Å². The molecule has 0 unspecified atom stereocenters. The number of amides is 1. The molecule has 1 aromatic carbocycles. The number of nitrogens with zero attached hydrogens (tertiary/aromatic N) is 2. The van der Waals surface area contributed by atoms with Gasteiger partial charge < -0.3 is 15.8 Å². The normalized spacial score (nSPS) is 20.6. The van der Waals surface area contributed by atoms with Crippen LogP contribution < -0.4 is 11.1 Å². The zero-order valence-electron chi connectivity index (χ0n) is 13.2. The van der Waals surface area contributed by atoms with Gasteiger partial charge in [-0.15, -0.1) is 0 Å². The Hall–Kier alpha value is -2.39. The summed E-state index contributed by atoms with van der Waals surface area (Å²) in [5.74, 6) is -0.293. The third-order valence-electron chi connectivity index (χ3n) is 3.98. The van der Waals surface area contributed by atoms with E-state index in [1.54, 1.807) is 0 Å². The summed E-state index contributed by atoms with van der Waals surface area (Å²) < 4.78 is 45.0. The summed E-state index contributed by atoms with van der Waals surface area (Å²) in [5, 5.41) is 6.39. The molecule has 1 aliphatic heterocycles. The van der Waals surface area contributed by atoms with E-state index in [4.69, 9.17) is 10.5 Å². The lowest BCUT2D eigenvalue weighted by Gasteiger charge is -2.14. The predicted molar refractivity (Wildman–Crippen MR) is 84.1 cm³/mol. The number of anilines is 1. The maximum absolute atomic E-state index is 12.9. The van der Waals surface area contributed by atoms with Crippen LogP contribution in [0.5, 0.6) is 0 Å². The van der Waals surface area contributed by atoms with E-state index >= 15 is 0 Å². The molecule has 0 spiro atoms. The smallest absolute Gasteiger partial charge is 0.364 e. The molecule has 2 aromatic rings. The second-order valence-electron chi connectivity index (χ2n) is 5.72. The zero-order chi connectivity index (χ0) is 18.0. The molecule has 1 amide bonds. The Balaban J connectivity index is 1.69. The second kappa shape index (κ2) is 6.85. The third kappa shape index (κ3) is 3.83. The fourth-order valence-electron chi connectivity index (χ4n) is 2.70. The summed E-state index contributed by atoms with van der Waals surface area (Å²) in [7, 11) is 0. The monoisotopic (exact) mass is 354 g/mol. The van der Waals surface area contributed by atoms with Crippen LogP contribution >= 0.6 is 0 Å². The van der Waals surface area contributed by atoms with Crippen molar-refractivity contribution in [2.75, 3.05) is 11.9 Å². The van der Waals surface area contributed by atoms with Gasteiger partial charge in [-0.25, -0.2) is 4.68 Å². The van der Waals surface area contributed by atoms with Gasteiger partial charge in [0.05, 0.1) is 18.0 Å². The molecule has 0 saturated carbocycles. The fraction of sp³-hybridized carbons (Fsp3) is 0.375. The Kier molecular flexibility index (Phi) is 4.78. The number of hydrogen-bond acceptors (Lipinski definition) is 4. The van der Waals surface area contributed by atoms with Crippen molar-refractivity contribution in [1.82, 2.24) is 9.78 Å². The number of alkyl halides is 3. The van der Waals surface area contributed by atoms with Gasteiger partial charge in [-0.05, 0) is 43.2 Å². The summed E-state index contributed by atoms with van der Waals surface area (Å²) in [6, 6.07) is 6.85. The molecule has 2 atom stereocenters. The van der Waals surface area contributed by atoms with E-state index in [1.807, 2.05) is 0 Å². The molecule has 0 bridgehead atoms. The molecule has 9 heteroatoms. The molecule has 0 radical (unpaired) electrons. The number of benzene rings is 1. The van der Waals surface area contributed by atoms with Crippen molar-refractivity contribution in [3.05, 3.63) is 42.2 Å². The summed E-state index contributed by atoms with van der Waals surface area (Å²) in [5.41, 5.74) is 5.36. The molecule has 1 fully saturated rings. The van der Waals surface area contributed by atoms with Crippen molar-refractivity contribution < 1.29 is 22.7 Å². The molecule has 134 valence electrons. The number of ether oxygens (including phenoxy) is 1. The van der Waals surface area contributed by atoms with E-state index in [0.29, 0.717) is 18.7 Å². The molecule has 25 heavy (non-hydrogen) atoms. The third-order valence-corrected chi connectivity index (χ3v) is 3.98. The lowest BCUT2D eigenvalue weighted by molar-refractivity contribution is -0.142. The van der Waals surface area contributed by atoms with Crippen LogP contribution in [-0.2, 0) is 15.7 Å². The Bertz CT molecular complexity index is 743. The summed E-state index contributed by atoms with van der Waals surface area (Å²) >= 11 is 0. The van der Waals surface area contributed by atoms with Crippen LogP contribution in [0.15, 0.2) is 36.5 Å². The van der Waals surface area contributed by atoms with Crippen LogP contribution in [0, 0.1) is 0 Å². The summed E-state index contributed by atoms with van der Waals surface area (Å²) in [6.45, 7) is 0.365. The van der Waals surface area contributed by atoms with Crippen LogP contribution in [-0.4, -0.2) is 34.4 Å². The van der Waals surface area contributed by atoms with Crippen LogP contribution in [0.4, 0.5) is 18.9 Å². The van der Waals surface area contributed by atoms with Crippen molar-refractivity contribution in [3.63, 3.8) is 0 Å². The number of nitrogens with two attached hydrogens (primary N) is 1. The molecule has 0 aliphatic carbocycles. The minimum atomic E-state index is -4.50. The second-order valence-corrected chi connectivity index (χ2v) is 5.72. The fourth-order valence-corrected chi connectivity index (χ4v) is 2.70. The Morgan fingerprint density at radius 3 is 2.60 bits per heavy atom. The first-order chi connectivity index (χ1) is 11.9. The SMILES string of the molecule is NC[C@H]1CC[C@@H](C(=O)Nc2ccc(-n3nccc3C(F)(F)F)cc2)O1. The maximum Gasteiger partial charge on any atom is 0.433 e. The highest BCUT2D eigenvalue weighted by Gasteiger charge is 2.35. The maximum atomic E-state index is 12.9. The van der Waals surface area contributed by atoms with Gasteiger partial charge in [-0.1, -0.05) is 0 Å². The van der Waals surface area contributed by atoms with Gasteiger partial charge in [0, 0.05) is 12.2 Å². The van der Waals surface area contributed by atoms with Crippen molar-refractivity contribution >= 4 is 11.6 Å². The average molecular weight is 354 g/mol. The number of aromatic nitrogens is 2. The van der Waals surface area contributed by atoms with E-state index in [1.165, 1.54) is 24.3 Å². The largest absolute Gasteiger partial charge is 0.433 e. The molecule has 1 saturated heterocycles. The van der Waals surface area contributed by atoms with Gasteiger partial charge in [0.2, 0.25) is 0 Å². The van der Waals surface area contributed by atoms with Crippen LogP contribution in [0.2, 0.25) is 0 Å².